The van der Waals surface area contributed by atoms with Crippen molar-refractivity contribution in [1.82, 2.24) is 4.98 Å². The molecule has 3 nitrogen and oxygen atoms in total. The number of hydrogen-bond donors (Lipinski definition) is 1. The van der Waals surface area contributed by atoms with Crippen molar-refractivity contribution in [2.75, 3.05) is 5.32 Å². The van der Waals surface area contributed by atoms with E-state index >= 15 is 0 Å². The minimum absolute atomic E-state index is 0.627. The van der Waals surface area contributed by atoms with Crippen LogP contribution in [0.1, 0.15) is 11.1 Å². The Morgan fingerprint density at radius 2 is 2.10 bits per heavy atom. The SMILES string of the molecule is Cc1ccc(C#N)cc1Nc1nc2ccc(Cl)cc2s1. The summed E-state index contributed by atoms with van der Waals surface area (Å²) in [6.07, 6.45) is 0. The van der Waals surface area contributed by atoms with E-state index < -0.39 is 0 Å². The van der Waals surface area contributed by atoms with Gasteiger partial charge >= 0.3 is 0 Å². The molecular formula is C15H10ClN3S. The van der Waals surface area contributed by atoms with E-state index in [0.29, 0.717) is 10.6 Å². The lowest BCUT2D eigenvalue weighted by Gasteiger charge is -2.06. The van der Waals surface area contributed by atoms with E-state index in [9.17, 15) is 0 Å². The molecule has 0 unspecified atom stereocenters. The molecule has 0 aliphatic carbocycles. The molecule has 3 aromatic rings. The highest BCUT2D eigenvalue weighted by atomic mass is 35.5. The van der Waals surface area contributed by atoms with E-state index in [1.54, 1.807) is 6.07 Å². The van der Waals surface area contributed by atoms with Gasteiger partial charge in [-0.1, -0.05) is 29.0 Å². The van der Waals surface area contributed by atoms with E-state index in [1.807, 2.05) is 37.3 Å². The van der Waals surface area contributed by atoms with Crippen molar-refractivity contribution in [1.29, 1.82) is 5.26 Å². The van der Waals surface area contributed by atoms with E-state index in [2.05, 4.69) is 16.4 Å². The summed E-state index contributed by atoms with van der Waals surface area (Å²) < 4.78 is 1.04. The second-order valence-corrected chi connectivity index (χ2v) is 5.86. The topological polar surface area (TPSA) is 48.7 Å². The number of nitriles is 1. The van der Waals surface area contributed by atoms with Gasteiger partial charge in [-0.2, -0.15) is 5.26 Å². The van der Waals surface area contributed by atoms with Crippen molar-refractivity contribution in [3.8, 4) is 6.07 Å². The van der Waals surface area contributed by atoms with Crippen molar-refractivity contribution in [3.63, 3.8) is 0 Å². The lowest BCUT2D eigenvalue weighted by Crippen LogP contribution is -1.93. The predicted octanol–water partition coefficient (Wildman–Crippen LogP) is 4.87. The first-order valence-electron chi connectivity index (χ1n) is 5.99. The first kappa shape index (κ1) is 12.9. The Morgan fingerprint density at radius 3 is 2.90 bits per heavy atom. The normalized spacial score (nSPS) is 10.4. The van der Waals surface area contributed by atoms with Crippen LogP contribution in [0.25, 0.3) is 10.2 Å². The molecule has 1 aromatic heterocycles. The molecule has 20 heavy (non-hydrogen) atoms. The number of aryl methyl sites for hydroxylation is 1. The summed E-state index contributed by atoms with van der Waals surface area (Å²) in [4.78, 5) is 4.51. The molecule has 1 heterocycles. The van der Waals surface area contributed by atoms with Crippen LogP contribution in [0.3, 0.4) is 0 Å². The number of rotatable bonds is 2. The average molecular weight is 300 g/mol. The molecule has 98 valence electrons. The molecule has 2 aromatic carbocycles. The number of fused-ring (bicyclic) bond motifs is 1. The molecule has 0 aliphatic rings. The smallest absolute Gasteiger partial charge is 0.188 e. The quantitative estimate of drug-likeness (QED) is 0.734. The molecule has 0 saturated heterocycles. The summed E-state index contributed by atoms with van der Waals surface area (Å²) in [5, 5.41) is 13.7. The zero-order chi connectivity index (χ0) is 14.1. The number of halogens is 1. The van der Waals surface area contributed by atoms with Crippen LogP contribution in [0.5, 0.6) is 0 Å². The van der Waals surface area contributed by atoms with Crippen LogP contribution in [0, 0.1) is 18.3 Å². The zero-order valence-corrected chi connectivity index (χ0v) is 12.2. The highest BCUT2D eigenvalue weighted by molar-refractivity contribution is 7.22. The summed E-state index contributed by atoms with van der Waals surface area (Å²) in [5.74, 6) is 0. The molecule has 1 N–H and O–H groups in total. The van der Waals surface area contributed by atoms with Crippen molar-refractivity contribution in [3.05, 3.63) is 52.5 Å². The van der Waals surface area contributed by atoms with Crippen LogP contribution in [0.4, 0.5) is 10.8 Å². The average Bonchev–Trinajstić information content (AvgIpc) is 2.82. The minimum Gasteiger partial charge on any atom is -0.331 e. The molecule has 0 atom stereocenters. The van der Waals surface area contributed by atoms with Gasteiger partial charge in [0.1, 0.15) is 0 Å². The molecule has 0 saturated carbocycles. The number of hydrogen-bond acceptors (Lipinski definition) is 4. The molecular weight excluding hydrogens is 290 g/mol. The number of benzene rings is 2. The molecule has 0 radical (unpaired) electrons. The summed E-state index contributed by atoms with van der Waals surface area (Å²) >= 11 is 7.51. The summed E-state index contributed by atoms with van der Waals surface area (Å²) in [6.45, 7) is 1.99. The molecule has 5 heteroatoms. The zero-order valence-electron chi connectivity index (χ0n) is 10.6. The highest BCUT2D eigenvalue weighted by Gasteiger charge is 2.06. The first-order valence-corrected chi connectivity index (χ1v) is 7.19. The molecule has 0 fully saturated rings. The van der Waals surface area contributed by atoms with Crippen molar-refractivity contribution in [2.24, 2.45) is 0 Å². The van der Waals surface area contributed by atoms with Crippen molar-refractivity contribution < 1.29 is 0 Å². The Morgan fingerprint density at radius 1 is 1.25 bits per heavy atom. The van der Waals surface area contributed by atoms with Gasteiger partial charge in [0.15, 0.2) is 5.13 Å². The lowest BCUT2D eigenvalue weighted by atomic mass is 10.1. The third-order valence-electron chi connectivity index (χ3n) is 2.96. The number of aromatic nitrogens is 1. The van der Waals surface area contributed by atoms with E-state index in [0.717, 1.165) is 26.6 Å². The van der Waals surface area contributed by atoms with Gasteiger partial charge in [0.2, 0.25) is 0 Å². The van der Waals surface area contributed by atoms with Crippen LogP contribution in [0.15, 0.2) is 36.4 Å². The van der Waals surface area contributed by atoms with Crippen LogP contribution >= 0.6 is 22.9 Å². The summed E-state index contributed by atoms with van der Waals surface area (Å²) in [5.41, 5.74) is 3.51. The van der Waals surface area contributed by atoms with Gasteiger partial charge in [0, 0.05) is 10.7 Å². The van der Waals surface area contributed by atoms with E-state index in [1.165, 1.54) is 11.3 Å². The lowest BCUT2D eigenvalue weighted by molar-refractivity contribution is 1.38. The Kier molecular flexibility index (Phi) is 3.31. The maximum Gasteiger partial charge on any atom is 0.188 e. The second kappa shape index (κ2) is 5.12. The van der Waals surface area contributed by atoms with E-state index in [4.69, 9.17) is 16.9 Å². The van der Waals surface area contributed by atoms with Crippen LogP contribution < -0.4 is 5.32 Å². The molecule has 0 amide bonds. The van der Waals surface area contributed by atoms with Crippen LogP contribution in [0.2, 0.25) is 5.02 Å². The number of nitrogens with one attached hydrogen (secondary N) is 1. The third-order valence-corrected chi connectivity index (χ3v) is 4.13. The summed E-state index contributed by atoms with van der Waals surface area (Å²) in [7, 11) is 0. The fourth-order valence-corrected chi connectivity index (χ4v) is 3.05. The Hall–Kier alpha value is -2.09. The number of anilines is 2. The number of nitrogens with zero attached hydrogens (tertiary/aromatic N) is 2. The third kappa shape index (κ3) is 2.46. The van der Waals surface area contributed by atoms with Crippen molar-refractivity contribution in [2.45, 2.75) is 6.92 Å². The first-order chi connectivity index (χ1) is 9.65. The van der Waals surface area contributed by atoms with Gasteiger partial charge in [0.25, 0.3) is 0 Å². The molecule has 0 spiro atoms. The summed E-state index contributed by atoms with van der Waals surface area (Å²) in [6, 6.07) is 13.3. The van der Waals surface area contributed by atoms with Gasteiger partial charge < -0.3 is 5.32 Å². The van der Waals surface area contributed by atoms with E-state index in [-0.39, 0.29) is 0 Å². The second-order valence-electron chi connectivity index (χ2n) is 4.40. The maximum absolute atomic E-state index is 8.96. The largest absolute Gasteiger partial charge is 0.331 e. The molecule has 0 aliphatic heterocycles. The Labute approximate surface area is 125 Å². The van der Waals surface area contributed by atoms with Gasteiger partial charge in [-0.05, 0) is 42.8 Å². The monoisotopic (exact) mass is 299 g/mol. The van der Waals surface area contributed by atoms with Gasteiger partial charge in [-0.25, -0.2) is 4.98 Å². The Balaban J connectivity index is 1.99. The Bertz CT molecular complexity index is 833. The molecule has 3 rings (SSSR count). The van der Waals surface area contributed by atoms with Crippen LogP contribution in [-0.2, 0) is 0 Å². The van der Waals surface area contributed by atoms with Gasteiger partial charge in [-0.15, -0.1) is 0 Å². The number of thiazole rings is 1. The highest BCUT2D eigenvalue weighted by Crippen LogP contribution is 2.31. The maximum atomic E-state index is 8.96. The van der Waals surface area contributed by atoms with Crippen molar-refractivity contribution >= 4 is 44.0 Å². The molecule has 0 bridgehead atoms. The standard InChI is InChI=1S/C15H10ClN3S/c1-9-2-3-10(8-17)6-13(9)19-15-18-12-5-4-11(16)7-14(12)20-15/h2-7H,1H3,(H,18,19). The van der Waals surface area contributed by atoms with Gasteiger partial charge in [0.05, 0.1) is 21.8 Å². The van der Waals surface area contributed by atoms with Gasteiger partial charge in [-0.3, -0.25) is 0 Å². The fourth-order valence-electron chi connectivity index (χ4n) is 1.89. The minimum atomic E-state index is 0.627. The van der Waals surface area contributed by atoms with Crippen LogP contribution in [-0.4, -0.2) is 4.98 Å². The predicted molar refractivity (Wildman–Crippen MR) is 83.8 cm³/mol. The fraction of sp³-hybridized carbons (Fsp3) is 0.0667.